The highest BCUT2D eigenvalue weighted by Gasteiger charge is 2.30. The number of rotatable bonds is 6. The summed E-state index contributed by atoms with van der Waals surface area (Å²) in [7, 11) is -3.55. The van der Waals surface area contributed by atoms with Crippen molar-refractivity contribution in [1.29, 1.82) is 0 Å². The Kier molecular flexibility index (Phi) is 6.36. The van der Waals surface area contributed by atoms with Crippen molar-refractivity contribution in [3.05, 3.63) is 40.4 Å². The molecule has 0 fully saturated rings. The molecule has 1 aliphatic heterocycles. The molecule has 3 rings (SSSR count). The lowest BCUT2D eigenvalue weighted by molar-refractivity contribution is 0.250. The number of nitrogens with one attached hydrogen (secondary N) is 2. The first-order valence-corrected chi connectivity index (χ1v) is 11.7. The van der Waals surface area contributed by atoms with E-state index < -0.39 is 10.0 Å². The summed E-state index contributed by atoms with van der Waals surface area (Å²) in [4.78, 5) is 17.5. The van der Waals surface area contributed by atoms with Crippen molar-refractivity contribution in [3.63, 3.8) is 0 Å². The van der Waals surface area contributed by atoms with Crippen LogP contribution in [0, 0.1) is 0 Å². The Morgan fingerprint density at radius 1 is 1.29 bits per heavy atom. The Morgan fingerprint density at radius 2 is 2.00 bits per heavy atom. The van der Waals surface area contributed by atoms with Gasteiger partial charge in [0.1, 0.15) is 0 Å². The minimum atomic E-state index is -3.55. The average Bonchev–Trinajstić information content (AvgIpc) is 3.02. The SMILES string of the molecule is CCCc1ccc(S(=O)(=O)N2CCc3nc(NC(=O)NC(C)C)sc3C2)cc1. The summed E-state index contributed by atoms with van der Waals surface area (Å²) in [6.45, 7) is 6.52. The Balaban J connectivity index is 1.72. The molecule has 0 unspecified atom stereocenters. The molecule has 0 saturated carbocycles. The summed E-state index contributed by atoms with van der Waals surface area (Å²) in [5.74, 6) is 0. The van der Waals surface area contributed by atoms with Gasteiger partial charge in [-0.15, -0.1) is 0 Å². The maximum Gasteiger partial charge on any atom is 0.321 e. The van der Waals surface area contributed by atoms with E-state index in [1.165, 1.54) is 15.6 Å². The first kappa shape index (κ1) is 20.8. The predicted octanol–water partition coefficient (Wildman–Crippen LogP) is 3.37. The van der Waals surface area contributed by atoms with Crippen LogP contribution in [0.1, 0.15) is 43.3 Å². The molecule has 1 aliphatic rings. The predicted molar refractivity (Wildman–Crippen MR) is 111 cm³/mol. The zero-order valence-corrected chi connectivity index (χ0v) is 18.0. The number of aryl methyl sites for hydroxylation is 1. The summed E-state index contributed by atoms with van der Waals surface area (Å²) >= 11 is 1.33. The van der Waals surface area contributed by atoms with Crippen molar-refractivity contribution >= 4 is 32.5 Å². The molecule has 7 nitrogen and oxygen atoms in total. The van der Waals surface area contributed by atoms with Gasteiger partial charge < -0.3 is 5.32 Å². The van der Waals surface area contributed by atoms with Crippen LogP contribution in [0.4, 0.5) is 9.93 Å². The Hall–Kier alpha value is -1.97. The van der Waals surface area contributed by atoms with E-state index in [1.807, 2.05) is 26.0 Å². The number of urea groups is 1. The third-order valence-electron chi connectivity index (χ3n) is 4.44. The molecular formula is C19H26N4O3S2. The van der Waals surface area contributed by atoms with Gasteiger partial charge in [0.2, 0.25) is 10.0 Å². The molecule has 0 bridgehead atoms. The highest BCUT2D eigenvalue weighted by Crippen LogP contribution is 2.31. The molecule has 2 aromatic rings. The molecule has 152 valence electrons. The van der Waals surface area contributed by atoms with Crippen LogP contribution in [0.15, 0.2) is 29.2 Å². The molecule has 2 amide bonds. The zero-order chi connectivity index (χ0) is 20.3. The molecular weight excluding hydrogens is 396 g/mol. The quantitative estimate of drug-likeness (QED) is 0.747. The van der Waals surface area contributed by atoms with Gasteiger partial charge >= 0.3 is 6.03 Å². The fourth-order valence-electron chi connectivity index (χ4n) is 3.09. The van der Waals surface area contributed by atoms with Crippen molar-refractivity contribution in [3.8, 4) is 0 Å². The topological polar surface area (TPSA) is 91.4 Å². The molecule has 0 aliphatic carbocycles. The van der Waals surface area contributed by atoms with E-state index in [0.717, 1.165) is 29.0 Å². The number of benzene rings is 1. The minimum absolute atomic E-state index is 0.0268. The van der Waals surface area contributed by atoms with Crippen LogP contribution >= 0.6 is 11.3 Å². The fraction of sp³-hybridized carbons (Fsp3) is 0.474. The maximum atomic E-state index is 13.0. The maximum absolute atomic E-state index is 13.0. The number of hydrogen-bond acceptors (Lipinski definition) is 5. The molecule has 2 heterocycles. The normalized spacial score (nSPS) is 14.7. The number of carbonyl (C=O) groups excluding carboxylic acids is 1. The van der Waals surface area contributed by atoms with Gasteiger partial charge in [-0.05, 0) is 38.0 Å². The Labute approximate surface area is 170 Å². The third kappa shape index (κ3) is 4.71. The van der Waals surface area contributed by atoms with Crippen LogP contribution in [0.2, 0.25) is 0 Å². The standard InChI is InChI=1S/C19H26N4O3S2/c1-4-5-14-6-8-15(9-7-14)28(25,26)23-11-10-16-17(12-23)27-19(21-16)22-18(24)20-13(2)3/h6-9,13H,4-5,10-12H2,1-3H3,(H2,20,21,22,24). The first-order valence-electron chi connectivity index (χ1n) is 9.44. The molecule has 28 heavy (non-hydrogen) atoms. The van der Waals surface area contributed by atoms with Crippen molar-refractivity contribution in [2.45, 2.75) is 57.5 Å². The smallest absolute Gasteiger partial charge is 0.321 e. The zero-order valence-electron chi connectivity index (χ0n) is 16.4. The van der Waals surface area contributed by atoms with Crippen LogP contribution in [0.3, 0.4) is 0 Å². The van der Waals surface area contributed by atoms with Gasteiger partial charge in [-0.3, -0.25) is 5.32 Å². The van der Waals surface area contributed by atoms with Gasteiger partial charge in [-0.2, -0.15) is 4.31 Å². The number of carbonyl (C=O) groups is 1. The molecule has 0 saturated heterocycles. The Morgan fingerprint density at radius 3 is 2.64 bits per heavy atom. The summed E-state index contributed by atoms with van der Waals surface area (Å²) in [5, 5.41) is 5.97. The van der Waals surface area contributed by atoms with E-state index in [0.29, 0.717) is 23.0 Å². The van der Waals surface area contributed by atoms with Crippen molar-refractivity contribution in [1.82, 2.24) is 14.6 Å². The molecule has 0 spiro atoms. The fourth-order valence-corrected chi connectivity index (χ4v) is 5.60. The molecule has 2 N–H and O–H groups in total. The molecule has 1 aromatic carbocycles. The van der Waals surface area contributed by atoms with Crippen LogP contribution in [0.25, 0.3) is 0 Å². The summed E-state index contributed by atoms with van der Waals surface area (Å²) in [6.07, 6.45) is 2.50. The highest BCUT2D eigenvalue weighted by molar-refractivity contribution is 7.89. The van der Waals surface area contributed by atoms with E-state index in [9.17, 15) is 13.2 Å². The van der Waals surface area contributed by atoms with Crippen molar-refractivity contribution in [2.75, 3.05) is 11.9 Å². The number of fused-ring (bicyclic) bond motifs is 1. The number of thiazole rings is 1. The van der Waals surface area contributed by atoms with Crippen molar-refractivity contribution < 1.29 is 13.2 Å². The molecule has 0 radical (unpaired) electrons. The van der Waals surface area contributed by atoms with Gasteiger partial charge in [0.05, 0.1) is 17.1 Å². The van der Waals surface area contributed by atoms with E-state index >= 15 is 0 Å². The first-order chi connectivity index (χ1) is 13.3. The van der Waals surface area contributed by atoms with E-state index in [-0.39, 0.29) is 18.6 Å². The summed E-state index contributed by atoms with van der Waals surface area (Å²) < 4.78 is 27.5. The molecule has 9 heteroatoms. The van der Waals surface area contributed by atoms with E-state index in [1.54, 1.807) is 12.1 Å². The van der Waals surface area contributed by atoms with Gasteiger partial charge in [0, 0.05) is 23.9 Å². The van der Waals surface area contributed by atoms with Gasteiger partial charge in [-0.1, -0.05) is 36.8 Å². The van der Waals surface area contributed by atoms with E-state index in [2.05, 4.69) is 22.5 Å². The lowest BCUT2D eigenvalue weighted by Gasteiger charge is -2.25. The van der Waals surface area contributed by atoms with Crippen LogP contribution in [-0.4, -0.2) is 36.3 Å². The largest absolute Gasteiger partial charge is 0.336 e. The second-order valence-corrected chi connectivity index (χ2v) is 10.1. The van der Waals surface area contributed by atoms with Gasteiger partial charge in [0.25, 0.3) is 0 Å². The number of amides is 2. The van der Waals surface area contributed by atoms with Crippen molar-refractivity contribution in [2.24, 2.45) is 0 Å². The van der Waals surface area contributed by atoms with E-state index in [4.69, 9.17) is 0 Å². The number of nitrogens with zero attached hydrogens (tertiary/aromatic N) is 2. The number of anilines is 1. The van der Waals surface area contributed by atoms with Crippen LogP contribution < -0.4 is 10.6 Å². The van der Waals surface area contributed by atoms with Gasteiger partial charge in [0.15, 0.2) is 5.13 Å². The molecule has 1 aromatic heterocycles. The minimum Gasteiger partial charge on any atom is -0.336 e. The summed E-state index contributed by atoms with van der Waals surface area (Å²) in [5.41, 5.74) is 2.00. The number of hydrogen-bond donors (Lipinski definition) is 2. The van der Waals surface area contributed by atoms with Crippen LogP contribution in [-0.2, 0) is 29.4 Å². The van der Waals surface area contributed by atoms with Gasteiger partial charge in [-0.25, -0.2) is 18.2 Å². The third-order valence-corrected chi connectivity index (χ3v) is 7.29. The molecule has 0 atom stereocenters. The number of aromatic nitrogens is 1. The monoisotopic (exact) mass is 422 g/mol. The highest BCUT2D eigenvalue weighted by atomic mass is 32.2. The Bertz CT molecular complexity index is 937. The second kappa shape index (κ2) is 8.59. The average molecular weight is 423 g/mol. The lowest BCUT2D eigenvalue weighted by Crippen LogP contribution is -2.35. The summed E-state index contributed by atoms with van der Waals surface area (Å²) in [6, 6.07) is 6.86. The lowest BCUT2D eigenvalue weighted by atomic mass is 10.1. The number of sulfonamides is 1. The van der Waals surface area contributed by atoms with Crippen LogP contribution in [0.5, 0.6) is 0 Å². The second-order valence-electron chi connectivity index (χ2n) is 7.12.